The Labute approximate surface area is 199 Å². The maximum atomic E-state index is 13.0. The summed E-state index contributed by atoms with van der Waals surface area (Å²) in [4.78, 5) is 17.4. The molecule has 7 heteroatoms. The SMILES string of the molecule is Cc1cccc(-c2nc3nc(C)nc(N(C)C(C)C(C)C)c3n2Cc2ccc(SF)cc2)c1. The van der Waals surface area contributed by atoms with Crippen molar-refractivity contribution in [3.05, 3.63) is 65.5 Å². The van der Waals surface area contributed by atoms with Crippen LogP contribution in [-0.2, 0) is 6.54 Å². The third kappa shape index (κ3) is 4.74. The minimum Gasteiger partial charge on any atom is -0.355 e. The first-order valence-corrected chi connectivity index (χ1v) is 11.9. The van der Waals surface area contributed by atoms with Crippen molar-refractivity contribution in [1.82, 2.24) is 19.5 Å². The summed E-state index contributed by atoms with van der Waals surface area (Å²) < 4.78 is 15.2. The third-order valence-electron chi connectivity index (χ3n) is 6.24. The van der Waals surface area contributed by atoms with Crippen LogP contribution in [0.25, 0.3) is 22.6 Å². The van der Waals surface area contributed by atoms with Crippen LogP contribution in [0.5, 0.6) is 0 Å². The molecular formula is C26H30FN5S. The molecule has 172 valence electrons. The Hall–Kier alpha value is -2.93. The first kappa shape index (κ1) is 23.2. The zero-order chi connectivity index (χ0) is 23.7. The van der Waals surface area contributed by atoms with Crippen molar-refractivity contribution in [2.24, 2.45) is 5.92 Å². The monoisotopic (exact) mass is 463 g/mol. The van der Waals surface area contributed by atoms with E-state index in [9.17, 15) is 3.89 Å². The van der Waals surface area contributed by atoms with E-state index in [1.807, 2.05) is 25.1 Å². The highest BCUT2D eigenvalue weighted by molar-refractivity contribution is 7.94. The standard InChI is InChI=1S/C26H30FN5S/c1-16(2)18(4)31(6)26-23-24(28-19(5)29-26)30-25(21-9-7-8-17(3)14-21)32(23)15-20-10-12-22(33-27)13-11-20/h7-14,16,18H,15H2,1-6H3. The fourth-order valence-corrected chi connectivity index (χ4v) is 4.24. The van der Waals surface area contributed by atoms with Gasteiger partial charge in [0.15, 0.2) is 11.5 Å². The predicted molar refractivity (Wildman–Crippen MR) is 135 cm³/mol. The molecule has 0 aliphatic rings. The molecule has 0 saturated carbocycles. The molecule has 2 heterocycles. The molecule has 1 atom stereocenters. The largest absolute Gasteiger partial charge is 0.355 e. The number of rotatable bonds is 7. The highest BCUT2D eigenvalue weighted by Gasteiger charge is 2.24. The van der Waals surface area contributed by atoms with E-state index in [2.05, 4.69) is 62.4 Å². The first-order chi connectivity index (χ1) is 15.8. The van der Waals surface area contributed by atoms with E-state index in [4.69, 9.17) is 15.0 Å². The molecule has 33 heavy (non-hydrogen) atoms. The topological polar surface area (TPSA) is 46.8 Å². The number of hydrogen-bond donors (Lipinski definition) is 0. The molecule has 0 N–H and O–H groups in total. The summed E-state index contributed by atoms with van der Waals surface area (Å²) in [5, 5.41) is 0. The van der Waals surface area contributed by atoms with Gasteiger partial charge in [0.1, 0.15) is 17.2 Å². The van der Waals surface area contributed by atoms with Gasteiger partial charge in [0.25, 0.3) is 0 Å². The summed E-state index contributed by atoms with van der Waals surface area (Å²) in [5.41, 5.74) is 4.87. The maximum absolute atomic E-state index is 13.0. The molecule has 0 saturated heterocycles. The molecule has 0 aliphatic carbocycles. The molecule has 2 aromatic carbocycles. The average Bonchev–Trinajstić information content (AvgIpc) is 3.15. The van der Waals surface area contributed by atoms with Gasteiger partial charge in [0.2, 0.25) is 0 Å². The summed E-state index contributed by atoms with van der Waals surface area (Å²) >= 11 is 0.258. The lowest BCUT2D eigenvalue weighted by Crippen LogP contribution is -2.34. The van der Waals surface area contributed by atoms with Crippen LogP contribution >= 0.6 is 12.1 Å². The highest BCUT2D eigenvalue weighted by atomic mass is 32.2. The van der Waals surface area contributed by atoms with Gasteiger partial charge in [-0.25, -0.2) is 15.0 Å². The van der Waals surface area contributed by atoms with Gasteiger partial charge in [-0.05, 0) is 50.5 Å². The molecule has 0 fully saturated rings. The van der Waals surface area contributed by atoms with E-state index in [1.165, 1.54) is 5.56 Å². The molecule has 0 bridgehead atoms. The Bertz CT molecular complexity index is 1270. The Morgan fingerprint density at radius 1 is 1.00 bits per heavy atom. The van der Waals surface area contributed by atoms with Crippen LogP contribution in [0.4, 0.5) is 9.70 Å². The van der Waals surface area contributed by atoms with E-state index in [1.54, 1.807) is 12.1 Å². The Morgan fingerprint density at radius 2 is 1.73 bits per heavy atom. The minimum atomic E-state index is 0.258. The maximum Gasteiger partial charge on any atom is 0.183 e. The lowest BCUT2D eigenvalue weighted by Gasteiger charge is -2.29. The summed E-state index contributed by atoms with van der Waals surface area (Å²) in [6.07, 6.45) is 0. The van der Waals surface area contributed by atoms with Crippen LogP contribution in [0.1, 0.15) is 37.7 Å². The molecular weight excluding hydrogens is 433 g/mol. The summed E-state index contributed by atoms with van der Waals surface area (Å²) in [7, 11) is 2.09. The number of imidazole rings is 1. The smallest absolute Gasteiger partial charge is 0.183 e. The van der Waals surface area contributed by atoms with Gasteiger partial charge in [-0.3, -0.25) is 0 Å². The first-order valence-electron chi connectivity index (χ1n) is 11.2. The molecule has 4 aromatic rings. The third-order valence-corrected chi connectivity index (χ3v) is 6.69. The van der Waals surface area contributed by atoms with E-state index in [0.717, 1.165) is 28.3 Å². The molecule has 2 aromatic heterocycles. The Morgan fingerprint density at radius 3 is 2.36 bits per heavy atom. The van der Waals surface area contributed by atoms with E-state index in [0.29, 0.717) is 28.8 Å². The zero-order valence-electron chi connectivity index (χ0n) is 20.0. The quantitative estimate of drug-likeness (QED) is 0.308. The van der Waals surface area contributed by atoms with Gasteiger partial charge >= 0.3 is 0 Å². The molecule has 0 aliphatic heterocycles. The highest BCUT2D eigenvalue weighted by Crippen LogP contribution is 2.32. The summed E-state index contributed by atoms with van der Waals surface area (Å²) in [6, 6.07) is 16.2. The van der Waals surface area contributed by atoms with Gasteiger partial charge in [-0.1, -0.05) is 49.7 Å². The van der Waals surface area contributed by atoms with Gasteiger partial charge in [0.05, 0.1) is 12.1 Å². The Balaban J connectivity index is 1.96. The van der Waals surface area contributed by atoms with Gasteiger partial charge in [-0.15, -0.1) is 0 Å². The lowest BCUT2D eigenvalue weighted by atomic mass is 10.1. The second kappa shape index (κ2) is 9.51. The molecule has 0 radical (unpaired) electrons. The number of aromatic nitrogens is 4. The van der Waals surface area contributed by atoms with Gasteiger partial charge in [-0.2, -0.15) is 3.89 Å². The number of halogens is 1. The number of aryl methyl sites for hydroxylation is 2. The zero-order valence-corrected chi connectivity index (χ0v) is 20.8. The fourth-order valence-electron chi connectivity index (χ4n) is 4.00. The van der Waals surface area contributed by atoms with Crippen LogP contribution < -0.4 is 4.90 Å². The van der Waals surface area contributed by atoms with Crippen molar-refractivity contribution < 1.29 is 3.89 Å². The van der Waals surface area contributed by atoms with Gasteiger partial charge < -0.3 is 9.47 Å². The minimum absolute atomic E-state index is 0.258. The number of fused-ring (bicyclic) bond motifs is 1. The predicted octanol–water partition coefficient (Wildman–Crippen LogP) is 6.62. The van der Waals surface area contributed by atoms with Crippen molar-refractivity contribution >= 4 is 29.1 Å². The Kier molecular flexibility index (Phi) is 6.70. The molecule has 1 unspecified atom stereocenters. The van der Waals surface area contributed by atoms with Crippen molar-refractivity contribution in [3.63, 3.8) is 0 Å². The van der Waals surface area contributed by atoms with E-state index >= 15 is 0 Å². The molecule has 0 amide bonds. The second-order valence-electron chi connectivity index (χ2n) is 8.97. The van der Waals surface area contributed by atoms with Crippen LogP contribution in [0, 0.1) is 19.8 Å². The van der Waals surface area contributed by atoms with E-state index < -0.39 is 0 Å². The number of benzene rings is 2. The molecule has 4 rings (SSSR count). The average molecular weight is 464 g/mol. The second-order valence-corrected chi connectivity index (χ2v) is 9.60. The van der Waals surface area contributed by atoms with Crippen molar-refractivity contribution in [2.75, 3.05) is 11.9 Å². The molecule has 0 spiro atoms. The lowest BCUT2D eigenvalue weighted by molar-refractivity contribution is 0.503. The van der Waals surface area contributed by atoms with E-state index in [-0.39, 0.29) is 18.2 Å². The normalized spacial score (nSPS) is 12.5. The number of hydrogen-bond acceptors (Lipinski definition) is 5. The van der Waals surface area contributed by atoms with Crippen LogP contribution in [0.3, 0.4) is 0 Å². The molecule has 5 nitrogen and oxygen atoms in total. The number of nitrogens with zero attached hydrogens (tertiary/aromatic N) is 5. The van der Waals surface area contributed by atoms with Crippen molar-refractivity contribution in [1.29, 1.82) is 0 Å². The van der Waals surface area contributed by atoms with Crippen LogP contribution in [0.15, 0.2) is 53.4 Å². The van der Waals surface area contributed by atoms with Crippen molar-refractivity contribution in [3.8, 4) is 11.4 Å². The summed E-state index contributed by atoms with van der Waals surface area (Å²) in [5.74, 6) is 2.88. The van der Waals surface area contributed by atoms with Crippen LogP contribution in [-0.4, -0.2) is 32.6 Å². The fraction of sp³-hybridized carbons (Fsp3) is 0.346. The van der Waals surface area contributed by atoms with Gasteiger partial charge in [0, 0.05) is 30.1 Å². The van der Waals surface area contributed by atoms with Crippen LogP contribution in [0.2, 0.25) is 0 Å². The summed E-state index contributed by atoms with van der Waals surface area (Å²) in [6.45, 7) is 11.2. The number of anilines is 1. The van der Waals surface area contributed by atoms with Crippen molar-refractivity contribution in [2.45, 2.75) is 52.1 Å².